The van der Waals surface area contributed by atoms with Gasteiger partial charge in [-0.1, -0.05) is 20.8 Å². The monoisotopic (exact) mass is 284 g/mol. The minimum Gasteiger partial charge on any atom is -0.336 e. The minimum absolute atomic E-state index is 0.391. The number of rotatable bonds is 4. The smallest absolute Gasteiger partial charge is 0.156 e. The number of aryl methyl sites for hydroxylation is 2. The molecule has 0 aliphatic heterocycles. The lowest BCUT2D eigenvalue weighted by atomic mass is 10.1. The van der Waals surface area contributed by atoms with E-state index in [0.717, 1.165) is 34.8 Å². The highest BCUT2D eigenvalue weighted by Gasteiger charge is 2.12. The van der Waals surface area contributed by atoms with Crippen molar-refractivity contribution >= 4 is 17.0 Å². The zero-order valence-electron chi connectivity index (χ0n) is 12.8. The average Bonchev–Trinajstić information content (AvgIpc) is 3.03. The summed E-state index contributed by atoms with van der Waals surface area (Å²) in [5, 5.41) is 12.4. The lowest BCUT2D eigenvalue weighted by molar-refractivity contribution is 0.746. The van der Waals surface area contributed by atoms with Gasteiger partial charge in [-0.2, -0.15) is 10.2 Å². The molecule has 3 heterocycles. The van der Waals surface area contributed by atoms with Crippen LogP contribution in [0.1, 0.15) is 38.1 Å². The molecule has 3 aromatic heterocycles. The van der Waals surface area contributed by atoms with Gasteiger partial charge in [0.25, 0.3) is 0 Å². The van der Waals surface area contributed by atoms with Gasteiger partial charge in [-0.05, 0) is 18.4 Å². The number of hydrogen-bond donors (Lipinski definition) is 1. The van der Waals surface area contributed by atoms with Gasteiger partial charge in [0, 0.05) is 25.6 Å². The lowest BCUT2D eigenvalue weighted by Crippen LogP contribution is -1.99. The molecule has 0 atom stereocenters. The van der Waals surface area contributed by atoms with Crippen molar-refractivity contribution in [3.05, 3.63) is 36.0 Å². The van der Waals surface area contributed by atoms with Crippen LogP contribution in [-0.4, -0.2) is 24.4 Å². The summed E-state index contributed by atoms with van der Waals surface area (Å²) >= 11 is 0. The molecule has 0 amide bonds. The van der Waals surface area contributed by atoms with E-state index in [-0.39, 0.29) is 0 Å². The third kappa shape index (κ3) is 2.49. The van der Waals surface area contributed by atoms with Crippen LogP contribution < -0.4 is 5.32 Å². The molecule has 0 fully saturated rings. The van der Waals surface area contributed by atoms with Crippen molar-refractivity contribution in [1.82, 2.24) is 24.4 Å². The van der Waals surface area contributed by atoms with E-state index >= 15 is 0 Å². The van der Waals surface area contributed by atoms with Crippen molar-refractivity contribution < 1.29 is 0 Å². The maximum atomic E-state index is 4.58. The predicted octanol–water partition coefficient (Wildman–Crippen LogP) is 2.89. The zero-order valence-corrected chi connectivity index (χ0v) is 12.8. The SMILES string of the molecule is CCc1nn(C)cc1Nc1nccn2nc(C(C)C)cc12. The fraction of sp³-hybridized carbons (Fsp3) is 0.400. The largest absolute Gasteiger partial charge is 0.336 e. The van der Waals surface area contributed by atoms with E-state index in [2.05, 4.69) is 47.3 Å². The molecular formula is C15H20N6. The lowest BCUT2D eigenvalue weighted by Gasteiger charge is -2.05. The van der Waals surface area contributed by atoms with Gasteiger partial charge in [0.2, 0.25) is 0 Å². The molecule has 0 aliphatic carbocycles. The number of hydrogen-bond acceptors (Lipinski definition) is 4. The Labute approximate surface area is 123 Å². The van der Waals surface area contributed by atoms with Crippen LogP contribution >= 0.6 is 0 Å². The molecule has 21 heavy (non-hydrogen) atoms. The first-order chi connectivity index (χ1) is 10.1. The summed E-state index contributed by atoms with van der Waals surface area (Å²) < 4.78 is 3.68. The third-order valence-corrected chi connectivity index (χ3v) is 3.49. The van der Waals surface area contributed by atoms with Crippen molar-refractivity contribution in [3.63, 3.8) is 0 Å². The predicted molar refractivity (Wildman–Crippen MR) is 82.9 cm³/mol. The summed E-state index contributed by atoms with van der Waals surface area (Å²) in [6.07, 6.45) is 6.48. The summed E-state index contributed by atoms with van der Waals surface area (Å²) in [6, 6.07) is 2.09. The first-order valence-electron chi connectivity index (χ1n) is 7.22. The van der Waals surface area contributed by atoms with Crippen molar-refractivity contribution in [2.24, 2.45) is 7.05 Å². The normalized spacial score (nSPS) is 11.5. The summed E-state index contributed by atoms with van der Waals surface area (Å²) in [4.78, 5) is 4.45. The van der Waals surface area contributed by atoms with Crippen LogP contribution in [0.4, 0.5) is 11.5 Å². The van der Waals surface area contributed by atoms with Gasteiger partial charge in [-0.15, -0.1) is 0 Å². The van der Waals surface area contributed by atoms with Gasteiger partial charge in [0.15, 0.2) is 5.82 Å². The molecule has 1 N–H and O–H groups in total. The van der Waals surface area contributed by atoms with Gasteiger partial charge < -0.3 is 5.32 Å². The second kappa shape index (κ2) is 5.20. The molecule has 0 unspecified atom stereocenters. The van der Waals surface area contributed by atoms with Gasteiger partial charge in [-0.25, -0.2) is 9.50 Å². The fourth-order valence-electron chi connectivity index (χ4n) is 2.35. The molecule has 0 saturated heterocycles. The van der Waals surface area contributed by atoms with Crippen LogP contribution in [0.25, 0.3) is 5.52 Å². The van der Waals surface area contributed by atoms with Crippen LogP contribution in [0, 0.1) is 0 Å². The molecule has 6 heteroatoms. The molecule has 3 aromatic rings. The molecule has 110 valence electrons. The van der Waals surface area contributed by atoms with E-state index in [1.54, 1.807) is 6.20 Å². The molecule has 6 nitrogen and oxygen atoms in total. The van der Waals surface area contributed by atoms with Crippen molar-refractivity contribution in [2.75, 3.05) is 5.32 Å². The highest BCUT2D eigenvalue weighted by molar-refractivity contribution is 5.74. The van der Waals surface area contributed by atoms with Crippen molar-refractivity contribution in [2.45, 2.75) is 33.1 Å². The van der Waals surface area contributed by atoms with Crippen LogP contribution in [0.15, 0.2) is 24.7 Å². The molecule has 0 aliphatic rings. The standard InChI is InChI=1S/C15H20N6/c1-5-11-13(9-20(4)18-11)17-15-14-8-12(10(2)3)19-21(14)7-6-16-15/h6-10H,5H2,1-4H3,(H,16,17). The summed E-state index contributed by atoms with van der Waals surface area (Å²) in [5.41, 5.74) is 4.07. The molecular weight excluding hydrogens is 264 g/mol. The van der Waals surface area contributed by atoms with E-state index in [0.29, 0.717) is 5.92 Å². The topological polar surface area (TPSA) is 60.0 Å². The molecule has 0 radical (unpaired) electrons. The number of nitrogens with zero attached hydrogens (tertiary/aromatic N) is 5. The maximum Gasteiger partial charge on any atom is 0.156 e. The highest BCUT2D eigenvalue weighted by Crippen LogP contribution is 2.24. The van der Waals surface area contributed by atoms with Gasteiger partial charge in [0.1, 0.15) is 5.52 Å². The van der Waals surface area contributed by atoms with E-state index in [1.165, 1.54) is 0 Å². The number of nitrogens with one attached hydrogen (secondary N) is 1. The maximum absolute atomic E-state index is 4.58. The van der Waals surface area contributed by atoms with Gasteiger partial charge in [-0.3, -0.25) is 4.68 Å². The van der Waals surface area contributed by atoms with Gasteiger partial charge >= 0.3 is 0 Å². The molecule has 0 saturated carbocycles. The number of aromatic nitrogens is 5. The Morgan fingerprint density at radius 1 is 1.29 bits per heavy atom. The molecule has 0 aromatic carbocycles. The van der Waals surface area contributed by atoms with Crippen LogP contribution in [0.3, 0.4) is 0 Å². The Morgan fingerprint density at radius 2 is 2.10 bits per heavy atom. The minimum atomic E-state index is 0.391. The second-order valence-corrected chi connectivity index (χ2v) is 5.47. The number of fused-ring (bicyclic) bond motifs is 1. The van der Waals surface area contributed by atoms with Crippen LogP contribution in [0.2, 0.25) is 0 Å². The van der Waals surface area contributed by atoms with E-state index < -0.39 is 0 Å². The Hall–Kier alpha value is -2.37. The molecule has 3 rings (SSSR count). The van der Waals surface area contributed by atoms with Crippen LogP contribution in [0.5, 0.6) is 0 Å². The quantitative estimate of drug-likeness (QED) is 0.800. The first-order valence-corrected chi connectivity index (χ1v) is 7.22. The Morgan fingerprint density at radius 3 is 2.81 bits per heavy atom. The third-order valence-electron chi connectivity index (χ3n) is 3.49. The van der Waals surface area contributed by atoms with E-state index in [4.69, 9.17) is 0 Å². The Bertz CT molecular complexity index is 768. The zero-order chi connectivity index (χ0) is 15.0. The van der Waals surface area contributed by atoms with Crippen molar-refractivity contribution in [3.8, 4) is 0 Å². The summed E-state index contributed by atoms with van der Waals surface area (Å²) in [7, 11) is 1.92. The molecule has 0 spiro atoms. The Kier molecular flexibility index (Phi) is 3.37. The van der Waals surface area contributed by atoms with Crippen molar-refractivity contribution in [1.29, 1.82) is 0 Å². The Balaban J connectivity index is 2.03. The van der Waals surface area contributed by atoms with E-state index in [1.807, 2.05) is 28.6 Å². The number of anilines is 2. The average molecular weight is 284 g/mol. The van der Waals surface area contributed by atoms with Crippen LogP contribution in [-0.2, 0) is 13.5 Å². The fourth-order valence-corrected chi connectivity index (χ4v) is 2.35. The summed E-state index contributed by atoms with van der Waals surface area (Å²) in [6.45, 7) is 6.37. The van der Waals surface area contributed by atoms with Gasteiger partial charge in [0.05, 0.1) is 17.1 Å². The molecule has 0 bridgehead atoms. The van der Waals surface area contributed by atoms with E-state index in [9.17, 15) is 0 Å². The summed E-state index contributed by atoms with van der Waals surface area (Å²) in [5.74, 6) is 1.20. The highest BCUT2D eigenvalue weighted by atomic mass is 15.3. The second-order valence-electron chi connectivity index (χ2n) is 5.47. The first kappa shape index (κ1) is 13.6.